The molecule has 30 heavy (non-hydrogen) atoms. The highest BCUT2D eigenvalue weighted by atomic mass is 35.5. The Bertz CT molecular complexity index is 1070. The number of likely N-dealkylation sites (tertiary alicyclic amines) is 1. The highest BCUT2D eigenvalue weighted by molar-refractivity contribution is 6.30. The van der Waals surface area contributed by atoms with Crippen molar-refractivity contribution in [2.45, 2.75) is 18.4 Å². The summed E-state index contributed by atoms with van der Waals surface area (Å²) < 4.78 is 27.0. The van der Waals surface area contributed by atoms with Crippen LogP contribution in [0.3, 0.4) is 0 Å². The van der Waals surface area contributed by atoms with E-state index in [0.29, 0.717) is 16.1 Å². The van der Waals surface area contributed by atoms with Crippen LogP contribution in [0.5, 0.6) is 0 Å². The average Bonchev–Trinajstić information content (AvgIpc) is 3.06. The first-order chi connectivity index (χ1) is 14.3. The Kier molecular flexibility index (Phi) is 6.29. The minimum absolute atomic E-state index is 0.183. The number of hydrogen-bond acceptors (Lipinski definition) is 4. The lowest BCUT2D eigenvalue weighted by Gasteiger charge is -2.19. The molecule has 9 heteroatoms. The van der Waals surface area contributed by atoms with Crippen LogP contribution in [-0.4, -0.2) is 46.8 Å². The second-order valence-electron chi connectivity index (χ2n) is 6.59. The van der Waals surface area contributed by atoms with Crippen LogP contribution in [0.25, 0.3) is 0 Å². The molecule has 1 aliphatic heterocycles. The fraction of sp³-hybridized carbons (Fsp3) is 0.238. The van der Waals surface area contributed by atoms with E-state index in [1.807, 2.05) is 0 Å². The normalized spacial score (nSPS) is 16.9. The fourth-order valence-corrected chi connectivity index (χ4v) is 3.04. The quantitative estimate of drug-likeness (QED) is 0.761. The molecule has 0 aliphatic carbocycles. The third-order valence-corrected chi connectivity index (χ3v) is 4.64. The third-order valence-electron chi connectivity index (χ3n) is 4.39. The molecule has 1 fully saturated rings. The fourth-order valence-electron chi connectivity index (χ4n) is 2.91. The van der Waals surface area contributed by atoms with Gasteiger partial charge in [0.05, 0.1) is 30.3 Å². The van der Waals surface area contributed by atoms with Crippen LogP contribution < -0.4 is 5.32 Å². The molecule has 1 aromatic heterocycles. The van der Waals surface area contributed by atoms with E-state index >= 15 is 0 Å². The van der Waals surface area contributed by atoms with Crippen LogP contribution in [0.1, 0.15) is 27.9 Å². The number of rotatable bonds is 3. The van der Waals surface area contributed by atoms with Gasteiger partial charge in [0.2, 0.25) is 5.91 Å². The number of hydrogen-bond donors (Lipinski definition) is 1. The largest absolute Gasteiger partial charge is 0.343 e. The van der Waals surface area contributed by atoms with Crippen molar-refractivity contribution in [3.8, 4) is 17.9 Å². The number of carbonyl (C=O) groups excluding carboxylic acids is 2. The van der Waals surface area contributed by atoms with Crippen LogP contribution in [0.15, 0.2) is 42.7 Å². The highest BCUT2D eigenvalue weighted by Crippen LogP contribution is 2.31. The molecular formula is C21H15ClF2N4O2. The molecule has 0 bridgehead atoms. The Hall–Kier alpha value is -3.49. The van der Waals surface area contributed by atoms with Gasteiger partial charge in [-0.15, -0.1) is 0 Å². The first-order valence-electron chi connectivity index (χ1n) is 8.86. The van der Waals surface area contributed by atoms with Crippen LogP contribution >= 0.6 is 11.6 Å². The molecule has 3 rings (SSSR count). The summed E-state index contributed by atoms with van der Waals surface area (Å²) in [6.07, 6.45) is 2.10. The number of benzene rings is 1. The molecule has 152 valence electrons. The van der Waals surface area contributed by atoms with Crippen molar-refractivity contribution in [1.29, 1.82) is 5.26 Å². The maximum absolute atomic E-state index is 13.5. The zero-order valence-electron chi connectivity index (χ0n) is 15.5. The van der Waals surface area contributed by atoms with E-state index in [0.717, 1.165) is 4.90 Å². The van der Waals surface area contributed by atoms with E-state index in [9.17, 15) is 18.4 Å². The monoisotopic (exact) mass is 428 g/mol. The predicted octanol–water partition coefficient (Wildman–Crippen LogP) is 2.62. The summed E-state index contributed by atoms with van der Waals surface area (Å²) in [5.41, 5.74) is 1.20. The first-order valence-corrected chi connectivity index (χ1v) is 9.23. The van der Waals surface area contributed by atoms with Gasteiger partial charge in [0.1, 0.15) is 6.04 Å². The van der Waals surface area contributed by atoms with Crippen LogP contribution in [0.4, 0.5) is 8.78 Å². The van der Waals surface area contributed by atoms with Crippen molar-refractivity contribution < 1.29 is 18.4 Å². The van der Waals surface area contributed by atoms with Crippen molar-refractivity contribution in [2.24, 2.45) is 0 Å². The summed E-state index contributed by atoms with van der Waals surface area (Å²) in [7, 11) is 0. The van der Waals surface area contributed by atoms with Gasteiger partial charge in [0, 0.05) is 29.4 Å². The molecule has 1 saturated heterocycles. The maximum atomic E-state index is 13.5. The van der Waals surface area contributed by atoms with Crippen LogP contribution in [0.2, 0.25) is 5.02 Å². The van der Waals surface area contributed by atoms with Gasteiger partial charge < -0.3 is 10.2 Å². The van der Waals surface area contributed by atoms with Gasteiger partial charge in [-0.1, -0.05) is 23.4 Å². The lowest BCUT2D eigenvalue weighted by Crippen LogP contribution is -2.43. The predicted molar refractivity (Wildman–Crippen MR) is 105 cm³/mol. The number of amides is 2. The van der Waals surface area contributed by atoms with Gasteiger partial charge in [0.25, 0.3) is 11.8 Å². The molecule has 0 saturated carbocycles. The van der Waals surface area contributed by atoms with Crippen molar-refractivity contribution in [2.75, 3.05) is 13.1 Å². The Morgan fingerprint density at radius 1 is 1.27 bits per heavy atom. The minimum atomic E-state index is -3.12. The van der Waals surface area contributed by atoms with Crippen molar-refractivity contribution in [3.05, 3.63) is 64.4 Å². The lowest BCUT2D eigenvalue weighted by molar-refractivity contribution is -0.131. The van der Waals surface area contributed by atoms with E-state index < -0.39 is 43.3 Å². The molecule has 2 aromatic rings. The smallest absolute Gasteiger partial charge is 0.268 e. The van der Waals surface area contributed by atoms with Crippen LogP contribution in [0, 0.1) is 23.2 Å². The minimum Gasteiger partial charge on any atom is -0.343 e. The zero-order chi connectivity index (χ0) is 21.7. The Morgan fingerprint density at radius 3 is 2.70 bits per heavy atom. The molecule has 0 radical (unpaired) electrons. The molecule has 1 aromatic carbocycles. The number of nitriles is 1. The van der Waals surface area contributed by atoms with Crippen molar-refractivity contribution in [1.82, 2.24) is 15.2 Å². The molecule has 6 nitrogen and oxygen atoms in total. The Morgan fingerprint density at radius 2 is 2.00 bits per heavy atom. The summed E-state index contributed by atoms with van der Waals surface area (Å²) in [5, 5.41) is 12.0. The number of alkyl halides is 2. The van der Waals surface area contributed by atoms with Gasteiger partial charge in [-0.05, 0) is 30.3 Å². The third kappa shape index (κ3) is 5.11. The van der Waals surface area contributed by atoms with Gasteiger partial charge in [-0.2, -0.15) is 5.26 Å². The summed E-state index contributed by atoms with van der Waals surface area (Å²) in [4.78, 5) is 29.5. The molecule has 2 amide bonds. The topological polar surface area (TPSA) is 86.1 Å². The van der Waals surface area contributed by atoms with E-state index in [4.69, 9.17) is 16.9 Å². The molecule has 1 atom stereocenters. The molecule has 0 spiro atoms. The zero-order valence-corrected chi connectivity index (χ0v) is 16.3. The maximum Gasteiger partial charge on any atom is 0.268 e. The van der Waals surface area contributed by atoms with E-state index in [-0.39, 0.29) is 5.56 Å². The van der Waals surface area contributed by atoms with Crippen molar-refractivity contribution in [3.63, 3.8) is 0 Å². The summed E-state index contributed by atoms with van der Waals surface area (Å²) >= 11 is 5.84. The average molecular weight is 429 g/mol. The number of carbonyl (C=O) groups is 2. The molecular weight excluding hydrogens is 414 g/mol. The second-order valence-corrected chi connectivity index (χ2v) is 7.02. The van der Waals surface area contributed by atoms with E-state index in [2.05, 4.69) is 22.1 Å². The van der Waals surface area contributed by atoms with Gasteiger partial charge in [-0.25, -0.2) is 8.78 Å². The number of nitrogens with one attached hydrogen (secondary N) is 1. The number of aromatic nitrogens is 1. The lowest BCUT2D eigenvalue weighted by atomic mass is 10.1. The summed E-state index contributed by atoms with van der Waals surface area (Å²) in [6.45, 7) is -1.35. The molecule has 1 N–H and O–H groups in total. The van der Waals surface area contributed by atoms with Crippen molar-refractivity contribution >= 4 is 23.4 Å². The van der Waals surface area contributed by atoms with E-state index in [1.54, 1.807) is 30.3 Å². The molecule has 2 heterocycles. The standard InChI is InChI=1S/C21H15ClF2N4O2/c22-16-5-2-14(3-6-16)1-4-15-11-26-8-7-18(15)20(30)27-12-19(29)28-13-21(23,24)9-17(28)10-25/h2-3,5-8,11,17H,9,12-13H2,(H,27,30). The summed E-state index contributed by atoms with van der Waals surface area (Å²) in [5.74, 6) is 1.26. The van der Waals surface area contributed by atoms with Gasteiger partial charge in [-0.3, -0.25) is 14.6 Å². The number of nitrogens with zero attached hydrogens (tertiary/aromatic N) is 3. The van der Waals surface area contributed by atoms with Gasteiger partial charge >= 0.3 is 0 Å². The van der Waals surface area contributed by atoms with E-state index in [1.165, 1.54) is 18.5 Å². The number of pyridine rings is 1. The molecule has 1 unspecified atom stereocenters. The Labute approximate surface area is 176 Å². The Balaban J connectivity index is 1.69. The highest BCUT2D eigenvalue weighted by Gasteiger charge is 2.47. The SMILES string of the molecule is N#CC1CC(F)(F)CN1C(=O)CNC(=O)c1ccncc1C#Cc1ccc(Cl)cc1. The summed E-state index contributed by atoms with van der Waals surface area (Å²) in [6, 6.07) is 8.73. The second kappa shape index (κ2) is 8.89. The molecule has 1 aliphatic rings. The number of halogens is 3. The first kappa shape index (κ1) is 21.2. The van der Waals surface area contributed by atoms with Gasteiger partial charge in [0.15, 0.2) is 0 Å². The van der Waals surface area contributed by atoms with Crippen LogP contribution in [-0.2, 0) is 4.79 Å².